The molecule has 1 aliphatic rings. The first kappa shape index (κ1) is 19.4. The minimum Gasteiger partial charge on any atom is -0.384 e. The zero-order chi connectivity index (χ0) is 19.6. The third-order valence-electron chi connectivity index (χ3n) is 5.48. The molecule has 0 radical (unpaired) electrons. The van der Waals surface area contributed by atoms with E-state index in [4.69, 9.17) is 5.73 Å². The summed E-state index contributed by atoms with van der Waals surface area (Å²) < 4.78 is 0. The maximum Gasteiger partial charge on any atom is 0.253 e. The van der Waals surface area contributed by atoms with Crippen LogP contribution in [0.1, 0.15) is 43.2 Å². The van der Waals surface area contributed by atoms with E-state index < -0.39 is 0 Å². The fraction of sp³-hybridized carbons (Fsp3) is 0.455. The van der Waals surface area contributed by atoms with Crippen molar-refractivity contribution < 1.29 is 4.79 Å². The molecule has 144 valence electrons. The molecule has 2 aromatic rings. The van der Waals surface area contributed by atoms with Crippen molar-refractivity contribution in [3.05, 3.63) is 47.7 Å². The molecule has 2 heterocycles. The molecular formula is C22H30N4O. The molecule has 27 heavy (non-hydrogen) atoms. The van der Waals surface area contributed by atoms with Gasteiger partial charge in [-0.2, -0.15) is 0 Å². The van der Waals surface area contributed by atoms with Crippen LogP contribution in [0, 0.1) is 6.92 Å². The van der Waals surface area contributed by atoms with Gasteiger partial charge >= 0.3 is 0 Å². The van der Waals surface area contributed by atoms with E-state index in [0.29, 0.717) is 17.9 Å². The number of amides is 1. The number of nitrogen functional groups attached to an aromatic ring is 1. The molecular weight excluding hydrogens is 336 g/mol. The number of hydrogen-bond donors (Lipinski definition) is 1. The zero-order valence-electron chi connectivity index (χ0n) is 16.8. The first-order valence-electron chi connectivity index (χ1n) is 9.79. The van der Waals surface area contributed by atoms with Gasteiger partial charge in [0.2, 0.25) is 0 Å². The number of carbonyl (C=O) groups excluding carboxylic acids is 1. The Labute approximate surface area is 162 Å². The number of hydrogen-bond acceptors (Lipinski definition) is 4. The minimum atomic E-state index is 0.111. The lowest BCUT2D eigenvalue weighted by molar-refractivity contribution is 0.0371. The van der Waals surface area contributed by atoms with Crippen LogP contribution in [0.4, 0.5) is 5.82 Å². The summed E-state index contributed by atoms with van der Waals surface area (Å²) in [7, 11) is 0. The lowest BCUT2D eigenvalue weighted by Crippen LogP contribution is -2.56. The van der Waals surface area contributed by atoms with E-state index >= 15 is 0 Å². The average molecular weight is 367 g/mol. The number of aryl methyl sites for hydroxylation is 1. The number of piperazine rings is 1. The Balaban J connectivity index is 1.82. The van der Waals surface area contributed by atoms with Gasteiger partial charge in [0.05, 0.1) is 0 Å². The van der Waals surface area contributed by atoms with Crippen LogP contribution >= 0.6 is 0 Å². The number of nitrogens with zero attached hydrogens (tertiary/aromatic N) is 3. The summed E-state index contributed by atoms with van der Waals surface area (Å²) in [4.78, 5) is 22.0. The van der Waals surface area contributed by atoms with Crippen LogP contribution in [-0.4, -0.2) is 52.4 Å². The standard InChI is InChI=1S/C22H30N4O/c1-5-19-14-25(11-12-26(19)15(2)3)22(27)18-8-6-7-17(13-18)20-9-10-21(23)24-16(20)4/h6-10,13,15,19H,5,11-12,14H2,1-4H3,(H2,23,24)/t19-/m0/s1. The van der Waals surface area contributed by atoms with Gasteiger partial charge in [0.15, 0.2) is 0 Å². The fourth-order valence-corrected chi connectivity index (χ4v) is 3.99. The van der Waals surface area contributed by atoms with Crippen LogP contribution in [0.5, 0.6) is 0 Å². The number of carbonyl (C=O) groups is 1. The Morgan fingerprint density at radius 1 is 1.26 bits per heavy atom. The van der Waals surface area contributed by atoms with Crippen molar-refractivity contribution in [3.63, 3.8) is 0 Å². The van der Waals surface area contributed by atoms with Crippen LogP contribution < -0.4 is 5.73 Å². The summed E-state index contributed by atoms with van der Waals surface area (Å²) in [6, 6.07) is 12.5. The first-order chi connectivity index (χ1) is 12.9. The third-order valence-corrected chi connectivity index (χ3v) is 5.48. The Hall–Kier alpha value is -2.40. The lowest BCUT2D eigenvalue weighted by Gasteiger charge is -2.43. The predicted molar refractivity (Wildman–Crippen MR) is 111 cm³/mol. The number of nitrogens with two attached hydrogens (primary N) is 1. The van der Waals surface area contributed by atoms with Gasteiger partial charge in [-0.3, -0.25) is 9.69 Å². The monoisotopic (exact) mass is 366 g/mol. The van der Waals surface area contributed by atoms with Gasteiger partial charge in [-0.15, -0.1) is 0 Å². The normalized spacial score (nSPS) is 18.1. The maximum atomic E-state index is 13.1. The van der Waals surface area contributed by atoms with Crippen molar-refractivity contribution >= 4 is 11.7 Å². The van der Waals surface area contributed by atoms with Crippen molar-refractivity contribution in [2.45, 2.75) is 46.2 Å². The van der Waals surface area contributed by atoms with Crippen molar-refractivity contribution in [3.8, 4) is 11.1 Å². The van der Waals surface area contributed by atoms with Gasteiger partial charge in [-0.1, -0.05) is 19.1 Å². The van der Waals surface area contributed by atoms with Crippen LogP contribution in [0.25, 0.3) is 11.1 Å². The van der Waals surface area contributed by atoms with Crippen molar-refractivity contribution in [2.24, 2.45) is 0 Å². The molecule has 1 aromatic heterocycles. The van der Waals surface area contributed by atoms with Crippen LogP contribution in [0.15, 0.2) is 36.4 Å². The van der Waals surface area contributed by atoms with E-state index in [1.54, 1.807) is 6.07 Å². The molecule has 1 aliphatic heterocycles. The van der Waals surface area contributed by atoms with E-state index in [2.05, 4.69) is 30.7 Å². The number of anilines is 1. The number of rotatable bonds is 4. The summed E-state index contributed by atoms with van der Waals surface area (Å²) in [5.41, 5.74) is 9.38. The summed E-state index contributed by atoms with van der Waals surface area (Å²) in [6.07, 6.45) is 1.05. The molecule has 0 spiro atoms. The highest BCUT2D eigenvalue weighted by molar-refractivity contribution is 5.95. The largest absolute Gasteiger partial charge is 0.384 e. The van der Waals surface area contributed by atoms with Gasteiger partial charge in [0.1, 0.15) is 5.82 Å². The first-order valence-corrected chi connectivity index (χ1v) is 9.79. The van der Waals surface area contributed by atoms with Gasteiger partial charge < -0.3 is 10.6 Å². The summed E-state index contributed by atoms with van der Waals surface area (Å²) >= 11 is 0. The Morgan fingerprint density at radius 3 is 2.70 bits per heavy atom. The highest BCUT2D eigenvalue weighted by Gasteiger charge is 2.30. The van der Waals surface area contributed by atoms with Gasteiger partial charge in [-0.25, -0.2) is 4.98 Å². The molecule has 1 saturated heterocycles. The van der Waals surface area contributed by atoms with Gasteiger partial charge in [0.25, 0.3) is 5.91 Å². The molecule has 1 aromatic carbocycles. The molecule has 0 unspecified atom stereocenters. The molecule has 0 aliphatic carbocycles. The van der Waals surface area contributed by atoms with E-state index in [-0.39, 0.29) is 5.91 Å². The lowest BCUT2D eigenvalue weighted by atomic mass is 10.0. The molecule has 1 fully saturated rings. The zero-order valence-corrected chi connectivity index (χ0v) is 16.8. The van der Waals surface area contributed by atoms with E-state index in [0.717, 1.165) is 48.4 Å². The topological polar surface area (TPSA) is 62.5 Å². The van der Waals surface area contributed by atoms with E-state index in [1.807, 2.05) is 42.2 Å². The molecule has 5 nitrogen and oxygen atoms in total. The molecule has 0 saturated carbocycles. The predicted octanol–water partition coefficient (Wildman–Crippen LogP) is 3.58. The van der Waals surface area contributed by atoms with Crippen LogP contribution in [0.3, 0.4) is 0 Å². The Morgan fingerprint density at radius 2 is 2.04 bits per heavy atom. The quantitative estimate of drug-likeness (QED) is 0.898. The molecule has 1 atom stereocenters. The summed E-state index contributed by atoms with van der Waals surface area (Å²) in [5.74, 6) is 0.622. The summed E-state index contributed by atoms with van der Waals surface area (Å²) in [5, 5.41) is 0. The Bertz CT molecular complexity index is 818. The van der Waals surface area contributed by atoms with Crippen LogP contribution in [-0.2, 0) is 0 Å². The van der Waals surface area contributed by atoms with E-state index in [9.17, 15) is 4.79 Å². The van der Waals surface area contributed by atoms with Gasteiger partial charge in [0, 0.05) is 48.5 Å². The van der Waals surface area contributed by atoms with Gasteiger partial charge in [-0.05, 0) is 57.0 Å². The Kier molecular flexibility index (Phi) is 5.80. The molecule has 0 bridgehead atoms. The second-order valence-electron chi connectivity index (χ2n) is 7.59. The molecule has 3 rings (SSSR count). The number of aromatic nitrogens is 1. The average Bonchev–Trinajstić information content (AvgIpc) is 2.66. The minimum absolute atomic E-state index is 0.111. The molecule has 1 amide bonds. The SMILES string of the molecule is CC[C@H]1CN(C(=O)c2cccc(-c3ccc(N)nc3C)c2)CCN1C(C)C. The van der Waals surface area contributed by atoms with Crippen molar-refractivity contribution in [2.75, 3.05) is 25.4 Å². The van der Waals surface area contributed by atoms with Crippen molar-refractivity contribution in [1.29, 1.82) is 0 Å². The third kappa shape index (κ3) is 4.14. The van der Waals surface area contributed by atoms with Crippen LogP contribution in [0.2, 0.25) is 0 Å². The molecule has 5 heteroatoms. The number of benzene rings is 1. The summed E-state index contributed by atoms with van der Waals surface area (Å²) in [6.45, 7) is 11.1. The fourth-order valence-electron chi connectivity index (χ4n) is 3.99. The van der Waals surface area contributed by atoms with Crippen molar-refractivity contribution in [1.82, 2.24) is 14.8 Å². The highest BCUT2D eigenvalue weighted by atomic mass is 16.2. The van der Waals surface area contributed by atoms with E-state index in [1.165, 1.54) is 0 Å². The second kappa shape index (κ2) is 8.09. The second-order valence-corrected chi connectivity index (χ2v) is 7.59. The smallest absolute Gasteiger partial charge is 0.253 e. The highest BCUT2D eigenvalue weighted by Crippen LogP contribution is 2.25. The molecule has 2 N–H and O–H groups in total. The maximum absolute atomic E-state index is 13.1. The number of pyridine rings is 1.